The molecule has 0 aliphatic rings. The van der Waals surface area contributed by atoms with E-state index in [-0.39, 0.29) is 11.7 Å². The summed E-state index contributed by atoms with van der Waals surface area (Å²) in [7, 11) is -1.47. The lowest BCUT2D eigenvalue weighted by molar-refractivity contribution is -0.120. The fourth-order valence-corrected chi connectivity index (χ4v) is 3.05. The lowest BCUT2D eigenvalue weighted by atomic mass is 10.2. The summed E-state index contributed by atoms with van der Waals surface area (Å²) in [6, 6.07) is 15.7. The zero-order valence-electron chi connectivity index (χ0n) is 12.3. The molecule has 2 rings (SSSR count). The SMILES string of the molecule is C[C@H](C(=O)NCc1ccccc1)[S@](=O)Cc1ccccc1F. The Morgan fingerprint density at radius 3 is 2.45 bits per heavy atom. The summed E-state index contributed by atoms with van der Waals surface area (Å²) in [4.78, 5) is 12.0. The zero-order valence-corrected chi connectivity index (χ0v) is 13.1. The Balaban J connectivity index is 1.90. The van der Waals surface area contributed by atoms with Crippen LogP contribution in [0.25, 0.3) is 0 Å². The summed E-state index contributed by atoms with van der Waals surface area (Å²) >= 11 is 0. The third-order valence-corrected chi connectivity index (χ3v) is 4.93. The molecular weight excluding hydrogens is 301 g/mol. The van der Waals surface area contributed by atoms with Crippen molar-refractivity contribution in [1.82, 2.24) is 5.32 Å². The molecule has 22 heavy (non-hydrogen) atoms. The molecule has 0 aliphatic heterocycles. The molecule has 2 aromatic rings. The van der Waals surface area contributed by atoms with E-state index in [1.54, 1.807) is 25.1 Å². The van der Waals surface area contributed by atoms with Crippen molar-refractivity contribution in [2.24, 2.45) is 0 Å². The minimum Gasteiger partial charge on any atom is -0.351 e. The molecule has 0 saturated carbocycles. The van der Waals surface area contributed by atoms with Crippen LogP contribution in [0.15, 0.2) is 54.6 Å². The predicted molar refractivity (Wildman–Crippen MR) is 86.0 cm³/mol. The molecule has 0 heterocycles. The smallest absolute Gasteiger partial charge is 0.235 e. The molecule has 0 bridgehead atoms. The summed E-state index contributed by atoms with van der Waals surface area (Å²) in [5, 5.41) is 2.06. The van der Waals surface area contributed by atoms with Crippen molar-refractivity contribution in [3.05, 3.63) is 71.5 Å². The molecule has 1 amide bonds. The lowest BCUT2D eigenvalue weighted by Gasteiger charge is -2.12. The van der Waals surface area contributed by atoms with Gasteiger partial charge >= 0.3 is 0 Å². The van der Waals surface area contributed by atoms with Crippen molar-refractivity contribution in [3.8, 4) is 0 Å². The molecule has 0 fully saturated rings. The molecule has 0 unspecified atom stereocenters. The normalized spacial score (nSPS) is 13.4. The second-order valence-corrected chi connectivity index (χ2v) is 6.72. The molecule has 1 N–H and O–H groups in total. The van der Waals surface area contributed by atoms with Gasteiger partial charge < -0.3 is 5.32 Å². The van der Waals surface area contributed by atoms with Gasteiger partial charge in [0.2, 0.25) is 5.91 Å². The monoisotopic (exact) mass is 319 g/mol. The summed E-state index contributed by atoms with van der Waals surface area (Å²) < 4.78 is 25.7. The quantitative estimate of drug-likeness (QED) is 0.890. The first kappa shape index (κ1) is 16.4. The van der Waals surface area contributed by atoms with Gasteiger partial charge in [-0.3, -0.25) is 9.00 Å². The van der Waals surface area contributed by atoms with Gasteiger partial charge in [-0.25, -0.2) is 4.39 Å². The van der Waals surface area contributed by atoms with Gasteiger partial charge in [0.1, 0.15) is 11.1 Å². The molecule has 0 aliphatic carbocycles. The molecule has 2 atom stereocenters. The Morgan fingerprint density at radius 1 is 1.14 bits per heavy atom. The van der Waals surface area contributed by atoms with E-state index < -0.39 is 21.9 Å². The number of hydrogen-bond acceptors (Lipinski definition) is 2. The lowest BCUT2D eigenvalue weighted by Crippen LogP contribution is -2.35. The number of carbonyl (C=O) groups excluding carboxylic acids is 1. The highest BCUT2D eigenvalue weighted by Gasteiger charge is 2.20. The van der Waals surface area contributed by atoms with Gasteiger partial charge in [-0.05, 0) is 18.6 Å². The molecule has 116 valence electrons. The van der Waals surface area contributed by atoms with Crippen LogP contribution < -0.4 is 5.32 Å². The molecule has 0 spiro atoms. The summed E-state index contributed by atoms with van der Waals surface area (Å²) in [5.41, 5.74) is 1.34. The van der Waals surface area contributed by atoms with Crippen LogP contribution in [0.5, 0.6) is 0 Å². The maximum absolute atomic E-state index is 13.5. The standard InChI is InChI=1S/C17H18FNO2S/c1-13(17(20)19-11-14-7-3-2-4-8-14)22(21)12-15-9-5-6-10-16(15)18/h2-10,13H,11-12H2,1H3,(H,19,20)/t13-,22-/m1/s1. The van der Waals surface area contributed by atoms with Crippen LogP contribution in [-0.4, -0.2) is 15.4 Å². The Bertz CT molecular complexity index is 661. The molecule has 5 heteroatoms. The van der Waals surface area contributed by atoms with Crippen LogP contribution in [0.4, 0.5) is 4.39 Å². The third-order valence-electron chi connectivity index (χ3n) is 3.33. The molecular formula is C17H18FNO2S. The maximum Gasteiger partial charge on any atom is 0.235 e. The molecule has 0 saturated heterocycles. The molecule has 0 radical (unpaired) electrons. The fraction of sp³-hybridized carbons (Fsp3) is 0.235. The van der Waals surface area contributed by atoms with E-state index >= 15 is 0 Å². The largest absolute Gasteiger partial charge is 0.351 e. The van der Waals surface area contributed by atoms with Crippen LogP contribution in [0, 0.1) is 5.82 Å². The first-order valence-corrected chi connectivity index (χ1v) is 8.38. The first-order valence-electron chi connectivity index (χ1n) is 7.00. The van der Waals surface area contributed by atoms with Crippen LogP contribution in [-0.2, 0) is 27.9 Å². The van der Waals surface area contributed by atoms with Gasteiger partial charge in [0.15, 0.2) is 0 Å². The summed E-state index contributed by atoms with van der Waals surface area (Å²) in [5.74, 6) is -0.654. The van der Waals surface area contributed by atoms with Gasteiger partial charge in [0, 0.05) is 22.9 Å². The van der Waals surface area contributed by atoms with E-state index in [2.05, 4.69) is 5.32 Å². The maximum atomic E-state index is 13.5. The van der Waals surface area contributed by atoms with E-state index in [1.165, 1.54) is 6.07 Å². The average molecular weight is 319 g/mol. The number of halogens is 1. The van der Waals surface area contributed by atoms with Crippen molar-refractivity contribution in [1.29, 1.82) is 0 Å². The highest BCUT2D eigenvalue weighted by atomic mass is 32.2. The van der Waals surface area contributed by atoms with E-state index in [0.717, 1.165) is 5.56 Å². The number of rotatable bonds is 6. The number of benzene rings is 2. The Labute approximate surface area is 132 Å². The molecule has 3 nitrogen and oxygen atoms in total. The van der Waals surface area contributed by atoms with Crippen LogP contribution >= 0.6 is 0 Å². The fourth-order valence-electron chi connectivity index (χ4n) is 1.94. The predicted octanol–water partition coefficient (Wildman–Crippen LogP) is 2.78. The minimum absolute atomic E-state index is 0.0343. The number of carbonyl (C=O) groups is 1. The first-order chi connectivity index (χ1) is 10.6. The van der Waals surface area contributed by atoms with E-state index in [0.29, 0.717) is 12.1 Å². The summed E-state index contributed by atoms with van der Waals surface area (Å²) in [6.07, 6.45) is 0. The van der Waals surface area contributed by atoms with Gasteiger partial charge in [0.05, 0.1) is 5.75 Å². The highest BCUT2D eigenvalue weighted by Crippen LogP contribution is 2.12. The molecule has 0 aromatic heterocycles. The van der Waals surface area contributed by atoms with E-state index in [1.807, 2.05) is 30.3 Å². The minimum atomic E-state index is -1.47. The van der Waals surface area contributed by atoms with E-state index in [4.69, 9.17) is 0 Å². The van der Waals surface area contributed by atoms with Crippen LogP contribution in [0.1, 0.15) is 18.1 Å². The topological polar surface area (TPSA) is 46.2 Å². The Hall–Kier alpha value is -2.01. The van der Waals surface area contributed by atoms with Gasteiger partial charge in [-0.2, -0.15) is 0 Å². The average Bonchev–Trinajstić information content (AvgIpc) is 2.55. The van der Waals surface area contributed by atoms with Crippen molar-refractivity contribution in [3.63, 3.8) is 0 Å². The third kappa shape index (κ3) is 4.49. The highest BCUT2D eigenvalue weighted by molar-refractivity contribution is 7.85. The number of amides is 1. The number of hydrogen-bond donors (Lipinski definition) is 1. The van der Waals surface area contributed by atoms with Crippen LogP contribution in [0.3, 0.4) is 0 Å². The molecule has 2 aromatic carbocycles. The van der Waals surface area contributed by atoms with Crippen molar-refractivity contribution >= 4 is 16.7 Å². The van der Waals surface area contributed by atoms with Gasteiger partial charge in [0.25, 0.3) is 0 Å². The summed E-state index contributed by atoms with van der Waals surface area (Å²) in [6.45, 7) is 1.98. The Kier molecular flexibility index (Phi) is 5.83. The van der Waals surface area contributed by atoms with Crippen molar-refractivity contribution in [2.45, 2.75) is 24.5 Å². The van der Waals surface area contributed by atoms with Crippen molar-refractivity contribution < 1.29 is 13.4 Å². The van der Waals surface area contributed by atoms with Gasteiger partial charge in [-0.1, -0.05) is 48.5 Å². The zero-order chi connectivity index (χ0) is 15.9. The second kappa shape index (κ2) is 7.84. The Morgan fingerprint density at radius 2 is 1.77 bits per heavy atom. The number of nitrogens with one attached hydrogen (secondary N) is 1. The van der Waals surface area contributed by atoms with Gasteiger partial charge in [-0.15, -0.1) is 0 Å². The van der Waals surface area contributed by atoms with E-state index in [9.17, 15) is 13.4 Å². The van der Waals surface area contributed by atoms with Crippen molar-refractivity contribution in [2.75, 3.05) is 0 Å². The second-order valence-electron chi connectivity index (χ2n) is 4.96. The van der Waals surface area contributed by atoms with Crippen LogP contribution in [0.2, 0.25) is 0 Å².